The van der Waals surface area contributed by atoms with E-state index in [0.717, 1.165) is 38.5 Å². The fourth-order valence-electron chi connectivity index (χ4n) is 7.62. The topological polar surface area (TPSA) is 74.6 Å². The highest BCUT2D eigenvalue weighted by atomic mass is 79.9. The van der Waals surface area contributed by atoms with Gasteiger partial charge in [0.05, 0.1) is 11.4 Å². The number of hydrogen-bond donors (Lipinski definition) is 2. The van der Waals surface area contributed by atoms with E-state index in [9.17, 15) is 19.8 Å². The summed E-state index contributed by atoms with van der Waals surface area (Å²) >= 11 is 3.23. The molecule has 8 unspecified atom stereocenters. The number of ketones is 2. The first-order valence-electron chi connectivity index (χ1n) is 10.2. The first-order chi connectivity index (χ1) is 12.2. The van der Waals surface area contributed by atoms with Gasteiger partial charge in [0.25, 0.3) is 0 Å². The summed E-state index contributed by atoms with van der Waals surface area (Å²) in [6.45, 7) is 4.25. The lowest BCUT2D eigenvalue weighted by Gasteiger charge is -2.60. The molecular weight excluding hydrogens is 396 g/mol. The molecule has 26 heavy (non-hydrogen) atoms. The molecule has 4 rings (SSSR count). The highest BCUT2D eigenvalue weighted by Crippen LogP contribution is 2.67. The van der Waals surface area contributed by atoms with Crippen LogP contribution in [0, 0.1) is 34.5 Å². The number of alkyl halides is 1. The van der Waals surface area contributed by atoms with Crippen LogP contribution in [0.2, 0.25) is 0 Å². The summed E-state index contributed by atoms with van der Waals surface area (Å²) in [5, 5.41) is 21.5. The molecule has 0 heterocycles. The van der Waals surface area contributed by atoms with Crippen LogP contribution in [-0.2, 0) is 9.59 Å². The maximum Gasteiger partial charge on any atom is 0.175 e. The number of hydrogen-bond acceptors (Lipinski definition) is 4. The van der Waals surface area contributed by atoms with Crippen LogP contribution in [0.5, 0.6) is 0 Å². The predicted molar refractivity (Wildman–Crippen MR) is 102 cm³/mol. The molecule has 4 aliphatic rings. The number of carbonyl (C=O) groups excluding carboxylic acids is 2. The van der Waals surface area contributed by atoms with Crippen molar-refractivity contribution < 1.29 is 19.8 Å². The number of rotatable bonds is 2. The molecule has 0 aromatic heterocycles. The third kappa shape index (κ3) is 2.32. The van der Waals surface area contributed by atoms with Gasteiger partial charge in [-0.2, -0.15) is 0 Å². The van der Waals surface area contributed by atoms with E-state index in [1.54, 1.807) is 0 Å². The van der Waals surface area contributed by atoms with Gasteiger partial charge in [0.15, 0.2) is 5.78 Å². The molecule has 2 N–H and O–H groups in total. The van der Waals surface area contributed by atoms with Crippen molar-refractivity contribution in [1.29, 1.82) is 0 Å². The SMILES string of the molecule is CC12CCC(O)CC1CCC1C2C(=O)CC2(C)C1CCC2(O)C(=O)CBr. The van der Waals surface area contributed by atoms with Crippen molar-refractivity contribution >= 4 is 27.5 Å². The largest absolute Gasteiger partial charge is 0.393 e. The van der Waals surface area contributed by atoms with Crippen LogP contribution in [0.1, 0.15) is 65.2 Å². The van der Waals surface area contributed by atoms with Crippen LogP contribution < -0.4 is 0 Å². The normalized spacial score (nSPS) is 53.6. The Kier molecular flexibility index (Phi) is 4.49. The highest BCUT2D eigenvalue weighted by molar-refractivity contribution is 9.09. The number of Topliss-reactive ketones (excluding diaryl/α,β-unsaturated/α-hetero) is 2. The van der Waals surface area contributed by atoms with E-state index in [1.807, 2.05) is 6.92 Å². The maximum atomic E-state index is 13.4. The lowest BCUT2D eigenvalue weighted by Crippen LogP contribution is -2.62. The minimum Gasteiger partial charge on any atom is -0.393 e. The summed E-state index contributed by atoms with van der Waals surface area (Å²) in [6.07, 6.45) is 5.98. The summed E-state index contributed by atoms with van der Waals surface area (Å²) in [7, 11) is 0. The van der Waals surface area contributed by atoms with E-state index in [-0.39, 0.29) is 46.2 Å². The minimum atomic E-state index is -1.37. The van der Waals surface area contributed by atoms with E-state index in [4.69, 9.17) is 0 Å². The van der Waals surface area contributed by atoms with Gasteiger partial charge in [0, 0.05) is 17.8 Å². The fourth-order valence-corrected chi connectivity index (χ4v) is 8.09. The van der Waals surface area contributed by atoms with Crippen molar-refractivity contribution in [2.75, 3.05) is 5.33 Å². The number of aliphatic hydroxyl groups is 2. The molecule has 4 fully saturated rings. The van der Waals surface area contributed by atoms with Crippen LogP contribution in [0.3, 0.4) is 0 Å². The molecule has 0 aromatic rings. The smallest absolute Gasteiger partial charge is 0.175 e. The highest BCUT2D eigenvalue weighted by Gasteiger charge is 2.68. The predicted octanol–water partition coefficient (Wildman–Crippen LogP) is 3.26. The quantitative estimate of drug-likeness (QED) is 0.664. The molecule has 0 amide bonds. The van der Waals surface area contributed by atoms with Crippen molar-refractivity contribution in [3.63, 3.8) is 0 Å². The van der Waals surface area contributed by atoms with Crippen molar-refractivity contribution in [1.82, 2.24) is 0 Å². The Morgan fingerprint density at radius 3 is 2.62 bits per heavy atom. The minimum absolute atomic E-state index is 0.0271. The zero-order valence-corrected chi connectivity index (χ0v) is 17.4. The molecule has 4 saturated carbocycles. The van der Waals surface area contributed by atoms with Crippen molar-refractivity contribution in [3.8, 4) is 0 Å². The molecule has 4 aliphatic carbocycles. The molecule has 0 aromatic carbocycles. The van der Waals surface area contributed by atoms with E-state index in [1.165, 1.54) is 0 Å². The second-order valence-electron chi connectivity index (χ2n) is 9.97. The van der Waals surface area contributed by atoms with Gasteiger partial charge < -0.3 is 10.2 Å². The van der Waals surface area contributed by atoms with Crippen molar-refractivity contribution in [2.45, 2.75) is 76.9 Å². The molecule has 0 spiro atoms. The van der Waals surface area contributed by atoms with Gasteiger partial charge in [-0.1, -0.05) is 29.8 Å². The number of aliphatic hydroxyl groups excluding tert-OH is 1. The average Bonchev–Trinajstić information content (AvgIpc) is 2.86. The summed E-state index contributed by atoms with van der Waals surface area (Å²) < 4.78 is 0. The van der Waals surface area contributed by atoms with Crippen LogP contribution in [0.15, 0.2) is 0 Å². The summed E-state index contributed by atoms with van der Waals surface area (Å²) in [6, 6.07) is 0. The van der Waals surface area contributed by atoms with Crippen LogP contribution >= 0.6 is 15.9 Å². The van der Waals surface area contributed by atoms with Gasteiger partial charge >= 0.3 is 0 Å². The summed E-state index contributed by atoms with van der Waals surface area (Å²) in [5.74, 6) is 1.05. The van der Waals surface area contributed by atoms with Crippen LogP contribution in [0.4, 0.5) is 0 Å². The number of carbonyl (C=O) groups is 2. The molecule has 0 saturated heterocycles. The first-order valence-corrected chi connectivity index (χ1v) is 11.3. The second kappa shape index (κ2) is 6.12. The van der Waals surface area contributed by atoms with Crippen LogP contribution in [-0.4, -0.2) is 38.8 Å². The van der Waals surface area contributed by atoms with E-state index in [2.05, 4.69) is 22.9 Å². The molecule has 146 valence electrons. The third-order valence-corrected chi connectivity index (χ3v) is 9.57. The Balaban J connectivity index is 1.70. The zero-order chi connectivity index (χ0) is 18.9. The van der Waals surface area contributed by atoms with Gasteiger partial charge in [0.2, 0.25) is 0 Å². The van der Waals surface area contributed by atoms with Gasteiger partial charge in [-0.15, -0.1) is 0 Å². The van der Waals surface area contributed by atoms with E-state index in [0.29, 0.717) is 18.8 Å². The molecule has 0 bridgehead atoms. The van der Waals surface area contributed by atoms with Gasteiger partial charge in [-0.05, 0) is 68.1 Å². The Bertz CT molecular complexity index is 636. The Hall–Kier alpha value is -0.260. The molecular formula is C21H31BrO4. The Labute approximate surface area is 164 Å². The zero-order valence-electron chi connectivity index (χ0n) is 15.8. The van der Waals surface area contributed by atoms with Gasteiger partial charge in [-0.3, -0.25) is 9.59 Å². The summed E-state index contributed by atoms with van der Waals surface area (Å²) in [4.78, 5) is 26.0. The van der Waals surface area contributed by atoms with Crippen molar-refractivity contribution in [3.05, 3.63) is 0 Å². The maximum absolute atomic E-state index is 13.4. The lowest BCUT2D eigenvalue weighted by atomic mass is 9.44. The number of fused-ring (bicyclic) bond motifs is 5. The average molecular weight is 427 g/mol. The second-order valence-corrected chi connectivity index (χ2v) is 10.5. The van der Waals surface area contributed by atoms with Gasteiger partial charge in [0.1, 0.15) is 11.4 Å². The molecule has 0 radical (unpaired) electrons. The van der Waals surface area contributed by atoms with Crippen molar-refractivity contribution in [2.24, 2.45) is 34.5 Å². The summed E-state index contributed by atoms with van der Waals surface area (Å²) in [5.41, 5.74) is -2.03. The Morgan fingerprint density at radius 2 is 1.92 bits per heavy atom. The van der Waals surface area contributed by atoms with Gasteiger partial charge in [-0.25, -0.2) is 0 Å². The molecule has 4 nitrogen and oxygen atoms in total. The lowest BCUT2D eigenvalue weighted by molar-refractivity contribution is -0.177. The Morgan fingerprint density at radius 1 is 1.19 bits per heavy atom. The monoisotopic (exact) mass is 426 g/mol. The number of halogens is 1. The molecule has 0 aliphatic heterocycles. The fraction of sp³-hybridized carbons (Fsp3) is 0.905. The molecule has 8 atom stereocenters. The van der Waals surface area contributed by atoms with E-state index >= 15 is 0 Å². The first kappa shape index (κ1) is 19.1. The van der Waals surface area contributed by atoms with Crippen LogP contribution in [0.25, 0.3) is 0 Å². The molecule has 5 heteroatoms. The third-order valence-electron chi connectivity index (χ3n) is 9.06. The van der Waals surface area contributed by atoms with E-state index < -0.39 is 11.0 Å². The standard InChI is InChI=1S/C21H31BrO4/c1-19-7-5-13(23)9-12(19)3-4-14-15-6-8-21(26,17(25)11-22)20(15,2)10-16(24)18(14)19/h12-15,18,23,26H,3-11H2,1-2H3.